The molecule has 2 heterocycles. The lowest BCUT2D eigenvalue weighted by molar-refractivity contribution is -0.0631. The lowest BCUT2D eigenvalue weighted by Gasteiger charge is -2.47. The third-order valence-electron chi connectivity index (χ3n) is 7.93. The number of benzene rings is 3. The van der Waals surface area contributed by atoms with Crippen LogP contribution in [0.2, 0.25) is 5.02 Å². The van der Waals surface area contributed by atoms with Crippen molar-refractivity contribution >= 4 is 44.5 Å². The summed E-state index contributed by atoms with van der Waals surface area (Å²) in [7, 11) is 1.53. The molecule has 1 aliphatic rings. The zero-order valence-corrected chi connectivity index (χ0v) is 27.3. The third-order valence-corrected chi connectivity index (χ3v) is 8.67. The number of amides is 1. The number of hydrogen-bond acceptors (Lipinski definition) is 5. The van der Waals surface area contributed by atoms with Gasteiger partial charge in [-0.15, -0.1) is 0 Å². The van der Waals surface area contributed by atoms with Crippen molar-refractivity contribution in [2.24, 2.45) is 0 Å². The minimum Gasteiger partial charge on any atom is -0.481 e. The van der Waals surface area contributed by atoms with Gasteiger partial charge in [-0.3, -0.25) is 0 Å². The van der Waals surface area contributed by atoms with E-state index in [0.29, 0.717) is 16.5 Å². The lowest BCUT2D eigenvalue weighted by atomic mass is 9.70. The number of halogens is 4. The highest BCUT2D eigenvalue weighted by Crippen LogP contribution is 2.47. The second kappa shape index (κ2) is 12.6. The number of methoxy groups -OCH3 is 1. The molecule has 0 bridgehead atoms. The summed E-state index contributed by atoms with van der Waals surface area (Å²) in [5, 5.41) is 14.1. The fraction of sp³-hybridized carbons (Fsp3) is 0.353. The SMILES string of the molecule is COc1nc2ccc(Br)cc2cc1C(c1ccc(Cl)cc1)C1(O)CCN(C(=O)OC(C)(C)C)C(Cc2ccc(F)cc2F)C1. The molecule has 0 saturated carbocycles. The Balaban J connectivity index is 1.63. The molecule has 44 heavy (non-hydrogen) atoms. The molecular formula is C34H34BrClF2N2O4. The molecule has 5 rings (SSSR count). The topological polar surface area (TPSA) is 71.9 Å². The van der Waals surface area contributed by atoms with E-state index in [-0.39, 0.29) is 31.4 Å². The highest BCUT2D eigenvalue weighted by Gasteiger charge is 2.48. The van der Waals surface area contributed by atoms with Gasteiger partial charge in [-0.2, -0.15) is 0 Å². The van der Waals surface area contributed by atoms with E-state index in [1.807, 2.05) is 36.4 Å². The second-order valence-corrected chi connectivity index (χ2v) is 13.6. The Hall–Kier alpha value is -3.27. The number of carbonyl (C=O) groups excluding carboxylic acids is 1. The van der Waals surface area contributed by atoms with Gasteiger partial charge >= 0.3 is 6.09 Å². The van der Waals surface area contributed by atoms with Crippen molar-refractivity contribution in [1.82, 2.24) is 9.88 Å². The first kappa shape index (κ1) is 32.1. The molecule has 1 amide bonds. The van der Waals surface area contributed by atoms with Gasteiger partial charge in [0.1, 0.15) is 17.2 Å². The van der Waals surface area contributed by atoms with Crippen LogP contribution < -0.4 is 4.74 Å². The summed E-state index contributed by atoms with van der Waals surface area (Å²) >= 11 is 9.79. The van der Waals surface area contributed by atoms with Crippen molar-refractivity contribution in [3.05, 3.63) is 105 Å². The van der Waals surface area contributed by atoms with E-state index >= 15 is 0 Å². The van der Waals surface area contributed by atoms with Gasteiger partial charge < -0.3 is 19.5 Å². The van der Waals surface area contributed by atoms with Crippen molar-refractivity contribution in [3.8, 4) is 5.88 Å². The summed E-state index contributed by atoms with van der Waals surface area (Å²) in [6.07, 6.45) is -0.275. The largest absolute Gasteiger partial charge is 0.481 e. The summed E-state index contributed by atoms with van der Waals surface area (Å²) < 4.78 is 41.0. The summed E-state index contributed by atoms with van der Waals surface area (Å²) in [6.45, 7) is 5.45. The van der Waals surface area contributed by atoms with Crippen molar-refractivity contribution in [2.45, 2.75) is 63.2 Å². The fourth-order valence-corrected chi connectivity index (χ4v) is 6.52. The first-order valence-corrected chi connectivity index (χ1v) is 15.5. The number of piperidine rings is 1. The maximum atomic E-state index is 14.9. The van der Waals surface area contributed by atoms with Gasteiger partial charge in [-0.25, -0.2) is 18.6 Å². The lowest BCUT2D eigenvalue weighted by Crippen LogP contribution is -2.56. The molecule has 1 saturated heterocycles. The van der Waals surface area contributed by atoms with Crippen molar-refractivity contribution in [2.75, 3.05) is 13.7 Å². The molecule has 1 fully saturated rings. The smallest absolute Gasteiger partial charge is 0.410 e. The van der Waals surface area contributed by atoms with Gasteiger partial charge in [0.05, 0.1) is 18.2 Å². The van der Waals surface area contributed by atoms with Crippen molar-refractivity contribution < 1.29 is 28.2 Å². The minimum atomic E-state index is -1.44. The molecule has 1 N–H and O–H groups in total. The predicted octanol–water partition coefficient (Wildman–Crippen LogP) is 8.44. The third kappa shape index (κ3) is 7.00. The number of ether oxygens (including phenoxy) is 2. The van der Waals surface area contributed by atoms with Crippen LogP contribution in [0, 0.1) is 11.6 Å². The summed E-state index contributed by atoms with van der Waals surface area (Å²) in [5.41, 5.74) is 0.166. The predicted molar refractivity (Wildman–Crippen MR) is 170 cm³/mol. The normalized spacial score (nSPS) is 19.6. The fourth-order valence-electron chi connectivity index (χ4n) is 6.01. The molecule has 6 nitrogen and oxygen atoms in total. The molecule has 10 heteroatoms. The maximum absolute atomic E-state index is 14.9. The average Bonchev–Trinajstić information content (AvgIpc) is 2.94. The summed E-state index contributed by atoms with van der Waals surface area (Å²) in [5.74, 6) is -1.72. The zero-order valence-electron chi connectivity index (χ0n) is 24.9. The van der Waals surface area contributed by atoms with Crippen LogP contribution in [-0.2, 0) is 11.2 Å². The van der Waals surface area contributed by atoms with Gasteiger partial charge in [-0.1, -0.05) is 45.7 Å². The van der Waals surface area contributed by atoms with Crippen molar-refractivity contribution in [3.63, 3.8) is 0 Å². The van der Waals surface area contributed by atoms with E-state index in [2.05, 4.69) is 15.9 Å². The van der Waals surface area contributed by atoms with Crippen LogP contribution in [0.5, 0.6) is 5.88 Å². The van der Waals surface area contributed by atoms with Crippen LogP contribution in [0.3, 0.4) is 0 Å². The molecule has 1 aromatic heterocycles. The molecule has 232 valence electrons. The molecule has 3 unspecified atom stereocenters. The quantitative estimate of drug-likeness (QED) is 0.220. The van der Waals surface area contributed by atoms with Gasteiger partial charge in [0, 0.05) is 45.0 Å². The molecule has 3 atom stereocenters. The van der Waals surface area contributed by atoms with Crippen LogP contribution in [0.1, 0.15) is 56.2 Å². The van der Waals surface area contributed by atoms with Crippen LogP contribution in [0.4, 0.5) is 13.6 Å². The number of aromatic nitrogens is 1. The first-order chi connectivity index (χ1) is 20.8. The van der Waals surface area contributed by atoms with Crippen LogP contribution in [0.15, 0.2) is 71.2 Å². The number of likely N-dealkylation sites (tertiary alicyclic amines) is 1. The molecule has 1 aliphatic heterocycles. The van der Waals surface area contributed by atoms with Crippen LogP contribution in [0.25, 0.3) is 10.9 Å². The Morgan fingerprint density at radius 2 is 1.86 bits per heavy atom. The number of hydrogen-bond donors (Lipinski definition) is 1. The molecule has 0 aliphatic carbocycles. The van der Waals surface area contributed by atoms with E-state index in [1.54, 1.807) is 32.9 Å². The Bertz CT molecular complexity index is 1680. The molecule has 3 aromatic carbocycles. The number of aliphatic hydroxyl groups is 1. The van der Waals surface area contributed by atoms with E-state index in [4.69, 9.17) is 26.1 Å². The number of pyridine rings is 1. The number of fused-ring (bicyclic) bond motifs is 1. The first-order valence-electron chi connectivity index (χ1n) is 14.3. The number of carbonyl (C=O) groups is 1. The molecule has 0 spiro atoms. The second-order valence-electron chi connectivity index (χ2n) is 12.2. The zero-order chi connectivity index (χ0) is 31.8. The van der Waals surface area contributed by atoms with Crippen LogP contribution >= 0.6 is 27.5 Å². The number of rotatable bonds is 6. The summed E-state index contributed by atoms with van der Waals surface area (Å²) in [6, 6.07) is 17.6. The van der Waals surface area contributed by atoms with E-state index in [1.165, 1.54) is 24.1 Å². The Morgan fingerprint density at radius 3 is 2.52 bits per heavy atom. The molecule has 4 aromatic rings. The Kier molecular flexibility index (Phi) is 9.21. The minimum absolute atomic E-state index is 0.0427. The van der Waals surface area contributed by atoms with Gasteiger partial charge in [-0.05, 0) is 93.6 Å². The van der Waals surface area contributed by atoms with Gasteiger partial charge in [0.2, 0.25) is 5.88 Å². The standard InChI is InChI=1S/C34H34BrClF2N2O4/c1-33(2,3)44-32(41)40-14-13-34(42,19-26(40)16-21-7-11-25(37)18-28(21)38)30(20-5-9-24(36)10-6-20)27-17-22-15-23(35)8-12-29(22)39-31(27)43-4/h5-12,15,17-18,26,30,42H,13-14,16,19H2,1-4H3. The Labute approximate surface area is 269 Å². The van der Waals surface area contributed by atoms with Gasteiger partial charge in [0.25, 0.3) is 0 Å². The van der Waals surface area contributed by atoms with E-state index < -0.39 is 40.9 Å². The highest BCUT2D eigenvalue weighted by molar-refractivity contribution is 9.10. The maximum Gasteiger partial charge on any atom is 0.410 e. The van der Waals surface area contributed by atoms with Gasteiger partial charge in [0.15, 0.2) is 0 Å². The average molecular weight is 688 g/mol. The summed E-state index contributed by atoms with van der Waals surface area (Å²) in [4.78, 5) is 19.7. The number of nitrogens with zero attached hydrogens (tertiary/aromatic N) is 2. The Morgan fingerprint density at radius 1 is 1.14 bits per heavy atom. The van der Waals surface area contributed by atoms with Crippen molar-refractivity contribution in [1.29, 1.82) is 0 Å². The van der Waals surface area contributed by atoms with E-state index in [0.717, 1.165) is 27.0 Å². The van der Waals surface area contributed by atoms with E-state index in [9.17, 15) is 18.7 Å². The monoisotopic (exact) mass is 686 g/mol. The molecule has 0 radical (unpaired) electrons. The highest BCUT2D eigenvalue weighted by atomic mass is 79.9. The van der Waals surface area contributed by atoms with Crippen LogP contribution in [-0.4, -0.2) is 52.0 Å². The molecular weight excluding hydrogens is 654 g/mol.